The number of amides is 1. The van der Waals surface area contributed by atoms with Gasteiger partial charge in [-0.25, -0.2) is 0 Å². The van der Waals surface area contributed by atoms with E-state index in [0.29, 0.717) is 27.4 Å². The minimum atomic E-state index is -0.198. The molecular formula is C21H16Cl2N4OS2. The van der Waals surface area contributed by atoms with Gasteiger partial charge in [0.25, 0.3) is 0 Å². The molecule has 0 bridgehead atoms. The van der Waals surface area contributed by atoms with Gasteiger partial charge in [-0.3, -0.25) is 9.36 Å². The maximum atomic E-state index is 12.5. The maximum Gasteiger partial charge on any atom is 0.234 e. The first kappa shape index (κ1) is 20.9. The molecular weight excluding hydrogens is 459 g/mol. The molecule has 2 heterocycles. The second-order valence-corrected chi connectivity index (χ2v) is 9.05. The van der Waals surface area contributed by atoms with E-state index in [9.17, 15) is 4.79 Å². The lowest BCUT2D eigenvalue weighted by molar-refractivity contribution is -0.113. The fourth-order valence-corrected chi connectivity index (χ4v) is 4.59. The van der Waals surface area contributed by atoms with Crippen LogP contribution < -0.4 is 5.32 Å². The molecule has 2 aromatic heterocycles. The average molecular weight is 475 g/mol. The van der Waals surface area contributed by atoms with Crippen molar-refractivity contribution in [2.24, 2.45) is 0 Å². The highest BCUT2D eigenvalue weighted by molar-refractivity contribution is 7.99. The van der Waals surface area contributed by atoms with Gasteiger partial charge in [0.15, 0.2) is 11.0 Å². The van der Waals surface area contributed by atoms with Gasteiger partial charge >= 0.3 is 0 Å². The van der Waals surface area contributed by atoms with Crippen molar-refractivity contribution in [2.45, 2.75) is 11.7 Å². The second kappa shape index (κ2) is 9.66. The van der Waals surface area contributed by atoms with Crippen LogP contribution >= 0.6 is 46.3 Å². The fraction of sp³-hybridized carbons (Fsp3) is 0.0952. The van der Waals surface area contributed by atoms with E-state index in [1.54, 1.807) is 29.5 Å². The quantitative estimate of drug-likeness (QED) is 0.329. The minimum absolute atomic E-state index is 0.167. The number of thiophene rings is 1. The molecule has 0 spiro atoms. The van der Waals surface area contributed by atoms with Crippen molar-refractivity contribution in [2.75, 3.05) is 11.1 Å². The topological polar surface area (TPSA) is 59.8 Å². The van der Waals surface area contributed by atoms with Gasteiger partial charge in [0.2, 0.25) is 5.91 Å². The van der Waals surface area contributed by atoms with Crippen molar-refractivity contribution in [1.82, 2.24) is 14.8 Å². The predicted octanol–water partition coefficient (Wildman–Crippen LogP) is 6.09. The van der Waals surface area contributed by atoms with Crippen LogP contribution in [0.1, 0.15) is 5.56 Å². The van der Waals surface area contributed by atoms with Gasteiger partial charge in [0, 0.05) is 5.02 Å². The lowest BCUT2D eigenvalue weighted by Crippen LogP contribution is -2.15. The highest BCUT2D eigenvalue weighted by Crippen LogP contribution is 2.29. The third-order valence-corrected chi connectivity index (χ3v) is 6.57. The molecule has 1 amide bonds. The van der Waals surface area contributed by atoms with Crippen LogP contribution in [0.25, 0.3) is 10.7 Å². The lowest BCUT2D eigenvalue weighted by Gasteiger charge is -2.10. The average Bonchev–Trinajstić information content (AvgIpc) is 3.40. The van der Waals surface area contributed by atoms with Crippen LogP contribution in [0.15, 0.2) is 71.2 Å². The van der Waals surface area contributed by atoms with Crippen molar-refractivity contribution in [3.8, 4) is 10.7 Å². The Morgan fingerprint density at radius 1 is 1.07 bits per heavy atom. The van der Waals surface area contributed by atoms with Crippen LogP contribution in [0.5, 0.6) is 0 Å². The Morgan fingerprint density at radius 2 is 1.90 bits per heavy atom. The lowest BCUT2D eigenvalue weighted by atomic mass is 10.2. The summed E-state index contributed by atoms with van der Waals surface area (Å²) >= 11 is 15.0. The first-order valence-electron chi connectivity index (χ1n) is 8.99. The maximum absolute atomic E-state index is 12.5. The zero-order chi connectivity index (χ0) is 20.9. The molecule has 2 aromatic carbocycles. The third kappa shape index (κ3) is 5.05. The Morgan fingerprint density at radius 3 is 2.67 bits per heavy atom. The van der Waals surface area contributed by atoms with Crippen molar-refractivity contribution in [3.63, 3.8) is 0 Å². The van der Waals surface area contributed by atoms with E-state index in [4.69, 9.17) is 23.2 Å². The first-order valence-corrected chi connectivity index (χ1v) is 11.6. The van der Waals surface area contributed by atoms with Gasteiger partial charge in [0.05, 0.1) is 27.9 Å². The zero-order valence-electron chi connectivity index (χ0n) is 15.6. The normalized spacial score (nSPS) is 10.9. The summed E-state index contributed by atoms with van der Waals surface area (Å²) in [5, 5.41) is 15.1. The molecule has 5 nitrogen and oxygen atoms in total. The molecule has 0 saturated carbocycles. The van der Waals surface area contributed by atoms with Crippen LogP contribution in [0, 0.1) is 0 Å². The summed E-state index contributed by atoms with van der Waals surface area (Å²) < 4.78 is 2.03. The highest BCUT2D eigenvalue weighted by atomic mass is 35.5. The summed E-state index contributed by atoms with van der Waals surface area (Å²) in [4.78, 5) is 13.5. The zero-order valence-corrected chi connectivity index (χ0v) is 18.7. The molecule has 0 radical (unpaired) electrons. The van der Waals surface area contributed by atoms with E-state index in [1.165, 1.54) is 11.8 Å². The molecule has 0 aliphatic carbocycles. The number of benzene rings is 2. The molecule has 152 valence electrons. The molecule has 4 rings (SSSR count). The number of carbonyl (C=O) groups is 1. The fourth-order valence-electron chi connectivity index (χ4n) is 2.80. The smallest absolute Gasteiger partial charge is 0.234 e. The standard InChI is InChI=1S/C21H16Cl2N4OS2/c22-15-8-9-16(23)17(11-15)24-19(28)13-30-21-26-25-20(18-7-4-10-29-18)27(21)12-14-5-2-1-3-6-14/h1-11H,12-13H2,(H,24,28). The van der Waals surface area contributed by atoms with E-state index in [1.807, 2.05) is 40.3 Å². The first-order chi connectivity index (χ1) is 14.6. The second-order valence-electron chi connectivity index (χ2n) is 6.32. The number of rotatable bonds is 7. The Hall–Kier alpha value is -2.32. The van der Waals surface area contributed by atoms with Crippen LogP contribution in [-0.2, 0) is 11.3 Å². The molecule has 0 unspecified atom stereocenters. The number of nitrogens with zero attached hydrogens (tertiary/aromatic N) is 3. The van der Waals surface area contributed by atoms with E-state index in [-0.39, 0.29) is 11.7 Å². The summed E-state index contributed by atoms with van der Waals surface area (Å²) in [6, 6.07) is 19.0. The highest BCUT2D eigenvalue weighted by Gasteiger charge is 2.17. The number of thioether (sulfide) groups is 1. The van der Waals surface area contributed by atoms with Gasteiger partial charge in [-0.1, -0.05) is 71.4 Å². The monoisotopic (exact) mass is 474 g/mol. The van der Waals surface area contributed by atoms with Gasteiger partial charge in [-0.2, -0.15) is 0 Å². The Kier molecular flexibility index (Phi) is 6.74. The largest absolute Gasteiger partial charge is 0.324 e. The van der Waals surface area contributed by atoms with Crippen LogP contribution in [0.2, 0.25) is 10.0 Å². The Bertz CT molecular complexity index is 1150. The summed E-state index contributed by atoms with van der Waals surface area (Å²) in [7, 11) is 0. The molecule has 0 atom stereocenters. The summed E-state index contributed by atoms with van der Waals surface area (Å²) in [6.07, 6.45) is 0. The summed E-state index contributed by atoms with van der Waals surface area (Å²) in [5.41, 5.74) is 1.62. The molecule has 9 heteroatoms. The Balaban J connectivity index is 1.52. The van der Waals surface area contributed by atoms with E-state index in [0.717, 1.165) is 16.3 Å². The molecule has 4 aromatic rings. The number of carbonyl (C=O) groups excluding carboxylic acids is 1. The van der Waals surface area contributed by atoms with Crippen molar-refractivity contribution < 1.29 is 4.79 Å². The van der Waals surface area contributed by atoms with E-state index in [2.05, 4.69) is 27.6 Å². The molecule has 0 aliphatic rings. The summed E-state index contributed by atoms with van der Waals surface area (Å²) in [6.45, 7) is 0.616. The van der Waals surface area contributed by atoms with Crippen molar-refractivity contribution in [1.29, 1.82) is 0 Å². The molecule has 0 saturated heterocycles. The number of halogens is 2. The minimum Gasteiger partial charge on any atom is -0.324 e. The number of anilines is 1. The van der Waals surface area contributed by atoms with Gasteiger partial charge in [-0.05, 0) is 35.2 Å². The Labute approximate surface area is 192 Å². The van der Waals surface area contributed by atoms with Crippen LogP contribution in [0.4, 0.5) is 5.69 Å². The van der Waals surface area contributed by atoms with Crippen LogP contribution in [0.3, 0.4) is 0 Å². The van der Waals surface area contributed by atoms with E-state index >= 15 is 0 Å². The number of hydrogen-bond donors (Lipinski definition) is 1. The SMILES string of the molecule is O=C(CSc1nnc(-c2cccs2)n1Cc1ccccc1)Nc1cc(Cl)ccc1Cl. The molecule has 0 aliphatic heterocycles. The molecule has 30 heavy (non-hydrogen) atoms. The van der Waals surface area contributed by atoms with Gasteiger partial charge < -0.3 is 5.32 Å². The predicted molar refractivity (Wildman–Crippen MR) is 125 cm³/mol. The van der Waals surface area contributed by atoms with Gasteiger partial charge in [-0.15, -0.1) is 21.5 Å². The third-order valence-electron chi connectivity index (χ3n) is 4.18. The number of hydrogen-bond acceptors (Lipinski definition) is 5. The van der Waals surface area contributed by atoms with Gasteiger partial charge in [0.1, 0.15) is 0 Å². The number of nitrogens with one attached hydrogen (secondary N) is 1. The van der Waals surface area contributed by atoms with E-state index < -0.39 is 0 Å². The van der Waals surface area contributed by atoms with Crippen molar-refractivity contribution in [3.05, 3.63) is 81.7 Å². The van der Waals surface area contributed by atoms with Crippen LogP contribution in [-0.4, -0.2) is 26.4 Å². The molecule has 0 fully saturated rings. The number of aromatic nitrogens is 3. The molecule has 1 N–H and O–H groups in total. The van der Waals surface area contributed by atoms with Crippen molar-refractivity contribution >= 4 is 57.9 Å². The summed E-state index contributed by atoms with van der Waals surface area (Å²) in [5.74, 6) is 0.756.